The van der Waals surface area contributed by atoms with Gasteiger partial charge in [0.05, 0.1) is 7.11 Å². The van der Waals surface area contributed by atoms with Gasteiger partial charge in [0.25, 0.3) is 0 Å². The molecule has 0 radical (unpaired) electrons. The maximum absolute atomic E-state index is 14.1. The summed E-state index contributed by atoms with van der Waals surface area (Å²) in [6, 6.07) is 12.4. The Balaban J connectivity index is 2.08. The average Bonchev–Trinajstić information content (AvgIpc) is 2.66. The van der Waals surface area contributed by atoms with Gasteiger partial charge >= 0.3 is 6.09 Å². The first kappa shape index (κ1) is 22.2. The molecule has 29 heavy (non-hydrogen) atoms. The Bertz CT molecular complexity index is 831. The van der Waals surface area contributed by atoms with Crippen LogP contribution in [-0.4, -0.2) is 30.8 Å². The molecule has 2 aromatic rings. The van der Waals surface area contributed by atoms with Crippen molar-refractivity contribution in [3.05, 3.63) is 65.5 Å². The Morgan fingerprint density at radius 2 is 1.72 bits per heavy atom. The summed E-state index contributed by atoms with van der Waals surface area (Å²) < 4.78 is 24.4. The van der Waals surface area contributed by atoms with Crippen molar-refractivity contribution in [2.45, 2.75) is 45.4 Å². The standard InChI is InChI=1S/C22H27FN2O4/c1-22(2,3)29-21(27)25-19(13-16-7-5-6-8-18(16)23)20(26)24-14-15-9-11-17(28-4)12-10-15/h5-12,19H,13-14H2,1-4H3,(H,24,26)(H,25,27). The number of alkyl carbamates (subject to hydrolysis) is 1. The summed E-state index contributed by atoms with van der Waals surface area (Å²) in [5.41, 5.74) is 0.473. The van der Waals surface area contributed by atoms with Crippen LogP contribution in [0.25, 0.3) is 0 Å². The highest BCUT2D eigenvalue weighted by atomic mass is 19.1. The van der Waals surface area contributed by atoms with Crippen molar-refractivity contribution in [2.75, 3.05) is 7.11 Å². The third-order valence-electron chi connectivity index (χ3n) is 4.02. The molecule has 0 spiro atoms. The van der Waals surface area contributed by atoms with Gasteiger partial charge in [-0.25, -0.2) is 9.18 Å². The second-order valence-electron chi connectivity index (χ2n) is 7.56. The summed E-state index contributed by atoms with van der Waals surface area (Å²) in [4.78, 5) is 24.9. The summed E-state index contributed by atoms with van der Waals surface area (Å²) >= 11 is 0. The normalized spacial score (nSPS) is 12.0. The zero-order chi connectivity index (χ0) is 21.4. The minimum absolute atomic E-state index is 0.000359. The lowest BCUT2D eigenvalue weighted by atomic mass is 10.0. The van der Waals surface area contributed by atoms with Crippen LogP contribution >= 0.6 is 0 Å². The van der Waals surface area contributed by atoms with E-state index >= 15 is 0 Å². The van der Waals surface area contributed by atoms with Crippen LogP contribution < -0.4 is 15.4 Å². The van der Waals surface area contributed by atoms with Crippen LogP contribution in [0.2, 0.25) is 0 Å². The van der Waals surface area contributed by atoms with Crippen molar-refractivity contribution < 1.29 is 23.5 Å². The minimum atomic E-state index is -0.986. The lowest BCUT2D eigenvalue weighted by molar-refractivity contribution is -0.123. The lowest BCUT2D eigenvalue weighted by Gasteiger charge is -2.23. The van der Waals surface area contributed by atoms with Gasteiger partial charge in [0.2, 0.25) is 5.91 Å². The van der Waals surface area contributed by atoms with Gasteiger partial charge in [0, 0.05) is 13.0 Å². The van der Waals surface area contributed by atoms with Crippen molar-refractivity contribution in [1.82, 2.24) is 10.6 Å². The van der Waals surface area contributed by atoms with Gasteiger partial charge in [-0.1, -0.05) is 30.3 Å². The summed E-state index contributed by atoms with van der Waals surface area (Å²) in [7, 11) is 1.58. The fourth-order valence-corrected chi connectivity index (χ4v) is 2.60. The summed E-state index contributed by atoms with van der Waals surface area (Å²) in [5, 5.41) is 5.32. The quantitative estimate of drug-likeness (QED) is 0.742. The minimum Gasteiger partial charge on any atom is -0.497 e. The van der Waals surface area contributed by atoms with E-state index in [0.717, 1.165) is 5.56 Å². The molecule has 2 amide bonds. The Kier molecular flexibility index (Phi) is 7.59. The van der Waals surface area contributed by atoms with Crippen LogP contribution in [0.15, 0.2) is 48.5 Å². The van der Waals surface area contributed by atoms with Gasteiger partial charge in [-0.05, 0) is 50.1 Å². The summed E-state index contributed by atoms with van der Waals surface area (Å²) in [6.45, 7) is 5.43. The van der Waals surface area contributed by atoms with Crippen molar-refractivity contribution in [1.29, 1.82) is 0 Å². The molecule has 1 atom stereocenters. The molecule has 0 saturated carbocycles. The van der Waals surface area contributed by atoms with E-state index in [0.29, 0.717) is 11.3 Å². The van der Waals surface area contributed by atoms with E-state index in [4.69, 9.17) is 9.47 Å². The third kappa shape index (κ3) is 7.44. The highest BCUT2D eigenvalue weighted by Gasteiger charge is 2.25. The number of rotatable bonds is 7. The van der Waals surface area contributed by atoms with E-state index in [-0.39, 0.29) is 13.0 Å². The molecule has 7 heteroatoms. The Morgan fingerprint density at radius 1 is 1.07 bits per heavy atom. The van der Waals surface area contributed by atoms with Crippen LogP contribution in [0.3, 0.4) is 0 Å². The topological polar surface area (TPSA) is 76.7 Å². The maximum Gasteiger partial charge on any atom is 0.408 e. The van der Waals surface area contributed by atoms with Crippen LogP contribution in [0.4, 0.5) is 9.18 Å². The number of methoxy groups -OCH3 is 1. The molecule has 0 aromatic heterocycles. The molecule has 0 saturated heterocycles. The molecule has 0 bridgehead atoms. The fraction of sp³-hybridized carbons (Fsp3) is 0.364. The smallest absolute Gasteiger partial charge is 0.408 e. The Labute approximate surface area is 170 Å². The number of benzene rings is 2. The van der Waals surface area contributed by atoms with Gasteiger partial charge in [-0.2, -0.15) is 0 Å². The highest BCUT2D eigenvalue weighted by molar-refractivity contribution is 5.86. The molecule has 2 aromatic carbocycles. The SMILES string of the molecule is COc1ccc(CNC(=O)C(Cc2ccccc2F)NC(=O)OC(C)(C)C)cc1. The number of halogens is 1. The van der Waals surface area contributed by atoms with Gasteiger partial charge < -0.3 is 20.1 Å². The number of nitrogens with one attached hydrogen (secondary N) is 2. The van der Waals surface area contributed by atoms with Crippen LogP contribution in [-0.2, 0) is 22.5 Å². The monoisotopic (exact) mass is 402 g/mol. The molecule has 156 valence electrons. The van der Waals surface area contributed by atoms with Gasteiger partial charge in [0.15, 0.2) is 0 Å². The third-order valence-corrected chi connectivity index (χ3v) is 4.02. The van der Waals surface area contributed by atoms with Crippen molar-refractivity contribution >= 4 is 12.0 Å². The predicted molar refractivity (Wildman–Crippen MR) is 108 cm³/mol. The van der Waals surface area contributed by atoms with E-state index in [1.165, 1.54) is 6.07 Å². The van der Waals surface area contributed by atoms with E-state index in [2.05, 4.69) is 10.6 Å². The molecule has 0 aliphatic heterocycles. The van der Waals surface area contributed by atoms with E-state index in [9.17, 15) is 14.0 Å². The zero-order valence-corrected chi connectivity index (χ0v) is 17.1. The second-order valence-corrected chi connectivity index (χ2v) is 7.56. The molecular weight excluding hydrogens is 375 g/mol. The van der Waals surface area contributed by atoms with E-state index in [1.807, 2.05) is 12.1 Å². The number of hydrogen-bond donors (Lipinski definition) is 2. The fourth-order valence-electron chi connectivity index (χ4n) is 2.60. The molecule has 2 N–H and O–H groups in total. The van der Waals surface area contributed by atoms with Gasteiger partial charge in [-0.3, -0.25) is 4.79 Å². The number of carbonyl (C=O) groups is 2. The summed E-state index contributed by atoms with van der Waals surface area (Å²) in [6.07, 6.45) is -0.737. The number of hydrogen-bond acceptors (Lipinski definition) is 4. The van der Waals surface area contributed by atoms with Crippen molar-refractivity contribution in [3.8, 4) is 5.75 Å². The molecule has 0 aliphatic carbocycles. The first-order valence-electron chi connectivity index (χ1n) is 9.31. The maximum atomic E-state index is 14.1. The highest BCUT2D eigenvalue weighted by Crippen LogP contribution is 2.13. The molecule has 2 rings (SSSR count). The predicted octanol–water partition coefficient (Wildman–Crippen LogP) is 3.59. The number of carbonyl (C=O) groups excluding carboxylic acids is 2. The summed E-state index contributed by atoms with van der Waals surface area (Å²) in [5.74, 6) is -0.162. The second kappa shape index (κ2) is 9.91. The average molecular weight is 402 g/mol. The number of amides is 2. The van der Waals surface area contributed by atoms with Crippen LogP contribution in [0, 0.1) is 5.82 Å². The number of ether oxygens (including phenoxy) is 2. The van der Waals surface area contributed by atoms with Crippen molar-refractivity contribution in [3.63, 3.8) is 0 Å². The molecule has 0 fully saturated rings. The lowest BCUT2D eigenvalue weighted by Crippen LogP contribution is -2.49. The molecule has 0 heterocycles. The molecule has 0 aliphatic rings. The first-order chi connectivity index (χ1) is 13.7. The zero-order valence-electron chi connectivity index (χ0n) is 17.1. The molecule has 1 unspecified atom stereocenters. The van der Waals surface area contributed by atoms with Crippen LogP contribution in [0.5, 0.6) is 5.75 Å². The van der Waals surface area contributed by atoms with Gasteiger partial charge in [-0.15, -0.1) is 0 Å². The van der Waals surface area contributed by atoms with Crippen LogP contribution in [0.1, 0.15) is 31.9 Å². The molecule has 6 nitrogen and oxygen atoms in total. The Hall–Kier alpha value is -3.09. The first-order valence-corrected chi connectivity index (χ1v) is 9.31. The van der Waals surface area contributed by atoms with Gasteiger partial charge in [0.1, 0.15) is 23.2 Å². The van der Waals surface area contributed by atoms with E-state index in [1.54, 1.807) is 58.2 Å². The van der Waals surface area contributed by atoms with Crippen molar-refractivity contribution in [2.24, 2.45) is 0 Å². The molecular formula is C22H27FN2O4. The largest absolute Gasteiger partial charge is 0.497 e. The Morgan fingerprint density at radius 3 is 2.31 bits per heavy atom. The van der Waals surface area contributed by atoms with E-state index < -0.39 is 29.5 Å².